The van der Waals surface area contributed by atoms with Crippen LogP contribution in [0, 0.1) is 6.92 Å². The van der Waals surface area contributed by atoms with Gasteiger partial charge in [0.2, 0.25) is 0 Å². The average Bonchev–Trinajstić information content (AvgIpc) is 2.64. The zero-order valence-corrected chi connectivity index (χ0v) is 11.7. The highest BCUT2D eigenvalue weighted by Crippen LogP contribution is 2.26. The monoisotopic (exact) mass is 244 g/mol. The second-order valence-corrected chi connectivity index (χ2v) is 5.71. The van der Waals surface area contributed by atoms with Crippen molar-refractivity contribution in [3.8, 4) is 11.4 Å². The molecule has 0 amide bonds. The number of hydrogen-bond donors (Lipinski definition) is 1. The minimum Gasteiger partial charge on any atom is -0.399 e. The van der Waals surface area contributed by atoms with E-state index in [-0.39, 0.29) is 5.41 Å². The van der Waals surface area contributed by atoms with Crippen molar-refractivity contribution >= 4 is 5.69 Å². The Hall–Kier alpha value is -1.84. The fourth-order valence-corrected chi connectivity index (χ4v) is 1.82. The van der Waals surface area contributed by atoms with Gasteiger partial charge in [-0.3, -0.25) is 0 Å². The maximum atomic E-state index is 5.85. The van der Waals surface area contributed by atoms with Crippen LogP contribution in [0.2, 0.25) is 0 Å². The molecule has 2 aromatic rings. The van der Waals surface area contributed by atoms with Gasteiger partial charge in [-0.1, -0.05) is 26.8 Å². The molecule has 0 saturated heterocycles. The zero-order valence-electron chi connectivity index (χ0n) is 11.7. The first-order valence-corrected chi connectivity index (χ1v) is 6.07. The summed E-state index contributed by atoms with van der Waals surface area (Å²) in [7, 11) is 1.92. The molecule has 1 heterocycles. The number of rotatable bonds is 1. The van der Waals surface area contributed by atoms with Crippen molar-refractivity contribution < 1.29 is 0 Å². The highest BCUT2D eigenvalue weighted by molar-refractivity contribution is 5.65. The molecule has 0 aliphatic heterocycles. The van der Waals surface area contributed by atoms with Gasteiger partial charge in [0.1, 0.15) is 0 Å². The van der Waals surface area contributed by atoms with Gasteiger partial charge in [-0.25, -0.2) is 9.67 Å². The maximum Gasteiger partial charge on any atom is 0.158 e. The SMILES string of the molecule is Cc1ccc(N)cc1-c1nc(C(C)(C)C)nn1C. The van der Waals surface area contributed by atoms with Crippen molar-refractivity contribution in [3.63, 3.8) is 0 Å². The smallest absolute Gasteiger partial charge is 0.158 e. The molecular weight excluding hydrogens is 224 g/mol. The number of nitrogens with two attached hydrogens (primary N) is 1. The highest BCUT2D eigenvalue weighted by Gasteiger charge is 2.21. The molecule has 18 heavy (non-hydrogen) atoms. The maximum absolute atomic E-state index is 5.85. The van der Waals surface area contributed by atoms with E-state index >= 15 is 0 Å². The molecule has 0 aliphatic carbocycles. The van der Waals surface area contributed by atoms with Crippen LogP contribution in [-0.2, 0) is 12.5 Å². The molecule has 0 spiro atoms. The van der Waals surface area contributed by atoms with Crippen LogP contribution in [0.3, 0.4) is 0 Å². The second-order valence-electron chi connectivity index (χ2n) is 5.71. The van der Waals surface area contributed by atoms with Crippen molar-refractivity contribution in [1.82, 2.24) is 14.8 Å². The first kappa shape index (κ1) is 12.6. The van der Waals surface area contributed by atoms with Gasteiger partial charge >= 0.3 is 0 Å². The van der Waals surface area contributed by atoms with Gasteiger partial charge in [-0.05, 0) is 24.6 Å². The van der Waals surface area contributed by atoms with E-state index < -0.39 is 0 Å². The Bertz CT molecular complexity index is 576. The molecule has 1 aromatic carbocycles. The first-order chi connectivity index (χ1) is 8.29. The lowest BCUT2D eigenvalue weighted by Gasteiger charge is -2.12. The molecule has 2 rings (SSSR count). The standard InChI is InChI=1S/C14H20N4/c1-9-6-7-10(15)8-11(9)12-16-13(14(2,3)4)17-18(12)5/h6-8H,15H2,1-5H3. The third-order valence-electron chi connectivity index (χ3n) is 2.94. The van der Waals surface area contributed by atoms with Crippen LogP contribution in [-0.4, -0.2) is 14.8 Å². The van der Waals surface area contributed by atoms with Crippen LogP contribution in [0.1, 0.15) is 32.2 Å². The Balaban J connectivity index is 2.58. The molecule has 2 N–H and O–H groups in total. The molecular formula is C14H20N4. The van der Waals surface area contributed by atoms with E-state index in [0.29, 0.717) is 0 Å². The predicted molar refractivity (Wildman–Crippen MR) is 74.3 cm³/mol. The summed E-state index contributed by atoms with van der Waals surface area (Å²) in [6.07, 6.45) is 0. The summed E-state index contributed by atoms with van der Waals surface area (Å²) < 4.78 is 1.82. The molecule has 0 unspecified atom stereocenters. The number of nitrogens with zero attached hydrogens (tertiary/aromatic N) is 3. The number of benzene rings is 1. The first-order valence-electron chi connectivity index (χ1n) is 6.07. The molecule has 0 atom stereocenters. The lowest BCUT2D eigenvalue weighted by Crippen LogP contribution is -2.13. The Morgan fingerprint density at radius 1 is 1.22 bits per heavy atom. The molecule has 96 valence electrons. The number of nitrogen functional groups attached to an aromatic ring is 1. The molecule has 0 saturated carbocycles. The molecule has 4 heteroatoms. The summed E-state index contributed by atoms with van der Waals surface area (Å²) in [6, 6.07) is 5.86. The van der Waals surface area contributed by atoms with E-state index in [0.717, 1.165) is 28.5 Å². The summed E-state index contributed by atoms with van der Waals surface area (Å²) in [5, 5.41) is 4.49. The van der Waals surface area contributed by atoms with E-state index in [1.165, 1.54) is 0 Å². The largest absolute Gasteiger partial charge is 0.399 e. The minimum absolute atomic E-state index is 0.0513. The molecule has 0 fully saturated rings. The van der Waals surface area contributed by atoms with Gasteiger partial charge in [0.05, 0.1) is 0 Å². The van der Waals surface area contributed by atoms with Crippen LogP contribution < -0.4 is 5.73 Å². The average molecular weight is 244 g/mol. The fraction of sp³-hybridized carbons (Fsp3) is 0.429. The number of aromatic nitrogens is 3. The Kier molecular flexibility index (Phi) is 2.89. The quantitative estimate of drug-likeness (QED) is 0.785. The van der Waals surface area contributed by atoms with Crippen LogP contribution in [0.4, 0.5) is 5.69 Å². The lowest BCUT2D eigenvalue weighted by molar-refractivity contribution is 0.538. The van der Waals surface area contributed by atoms with E-state index in [4.69, 9.17) is 5.73 Å². The topological polar surface area (TPSA) is 56.7 Å². The van der Waals surface area contributed by atoms with Crippen LogP contribution in [0.15, 0.2) is 18.2 Å². The van der Waals surface area contributed by atoms with Gasteiger partial charge in [0.15, 0.2) is 11.6 Å². The van der Waals surface area contributed by atoms with E-state index in [1.54, 1.807) is 0 Å². The number of hydrogen-bond acceptors (Lipinski definition) is 3. The van der Waals surface area contributed by atoms with E-state index in [1.807, 2.05) is 29.9 Å². The normalized spacial score (nSPS) is 11.8. The number of aryl methyl sites for hydroxylation is 2. The lowest BCUT2D eigenvalue weighted by atomic mass is 9.96. The van der Waals surface area contributed by atoms with Gasteiger partial charge in [-0.2, -0.15) is 5.10 Å². The molecule has 0 radical (unpaired) electrons. The van der Waals surface area contributed by atoms with Gasteiger partial charge in [0.25, 0.3) is 0 Å². The summed E-state index contributed by atoms with van der Waals surface area (Å²) in [5.74, 6) is 1.71. The van der Waals surface area contributed by atoms with Crippen LogP contribution >= 0.6 is 0 Å². The van der Waals surface area contributed by atoms with E-state index in [2.05, 4.69) is 37.8 Å². The Morgan fingerprint density at radius 3 is 2.44 bits per heavy atom. The summed E-state index contributed by atoms with van der Waals surface area (Å²) in [4.78, 5) is 4.65. The molecule has 1 aromatic heterocycles. The zero-order chi connectivity index (χ0) is 13.5. The van der Waals surface area contributed by atoms with Crippen LogP contribution in [0.5, 0.6) is 0 Å². The second kappa shape index (κ2) is 4.12. The Morgan fingerprint density at radius 2 is 1.89 bits per heavy atom. The van der Waals surface area contributed by atoms with Crippen LogP contribution in [0.25, 0.3) is 11.4 Å². The fourth-order valence-electron chi connectivity index (χ4n) is 1.82. The van der Waals surface area contributed by atoms with E-state index in [9.17, 15) is 0 Å². The van der Waals surface area contributed by atoms with Crippen molar-refractivity contribution in [2.24, 2.45) is 7.05 Å². The summed E-state index contributed by atoms with van der Waals surface area (Å²) in [6.45, 7) is 8.38. The van der Waals surface area contributed by atoms with Crippen molar-refractivity contribution in [2.75, 3.05) is 5.73 Å². The van der Waals surface area contributed by atoms with Crippen molar-refractivity contribution in [2.45, 2.75) is 33.1 Å². The summed E-state index contributed by atoms with van der Waals surface area (Å²) in [5.41, 5.74) is 8.74. The van der Waals surface area contributed by atoms with Gasteiger partial charge in [-0.15, -0.1) is 0 Å². The molecule has 4 nitrogen and oxygen atoms in total. The number of anilines is 1. The Labute approximate surface area is 108 Å². The van der Waals surface area contributed by atoms with Gasteiger partial charge < -0.3 is 5.73 Å². The third-order valence-corrected chi connectivity index (χ3v) is 2.94. The molecule has 0 bridgehead atoms. The third kappa shape index (κ3) is 2.23. The predicted octanol–water partition coefficient (Wildman–Crippen LogP) is 2.67. The minimum atomic E-state index is -0.0513. The summed E-state index contributed by atoms with van der Waals surface area (Å²) >= 11 is 0. The van der Waals surface area contributed by atoms with Gasteiger partial charge in [0, 0.05) is 23.7 Å². The highest BCUT2D eigenvalue weighted by atomic mass is 15.3. The van der Waals surface area contributed by atoms with Crippen molar-refractivity contribution in [3.05, 3.63) is 29.6 Å². The van der Waals surface area contributed by atoms with Crippen molar-refractivity contribution in [1.29, 1.82) is 0 Å². The molecule has 0 aliphatic rings.